The number of hydrogen-bond acceptors (Lipinski definition) is 3. The van der Waals surface area contributed by atoms with E-state index in [2.05, 4.69) is 5.32 Å². The summed E-state index contributed by atoms with van der Waals surface area (Å²) in [5.41, 5.74) is 1.07. The summed E-state index contributed by atoms with van der Waals surface area (Å²) in [4.78, 5) is 26.8. The number of hydrogen-bond donors (Lipinski definition) is 1. The SMILES string of the molecule is N#Cc1ccc(C2NC(=O)N(c3cccc(C(F)(F)F)c3)C3=C2C(=O)CC3)c(I)c1. The first-order valence-corrected chi connectivity index (χ1v) is 10.0. The highest BCUT2D eigenvalue weighted by Gasteiger charge is 2.42. The van der Waals surface area contributed by atoms with Gasteiger partial charge >= 0.3 is 12.2 Å². The number of allylic oxidation sites excluding steroid dienone is 1. The molecule has 1 atom stereocenters. The van der Waals surface area contributed by atoms with Crippen LogP contribution < -0.4 is 10.2 Å². The van der Waals surface area contributed by atoms with E-state index in [1.807, 2.05) is 28.7 Å². The Morgan fingerprint density at radius 2 is 1.90 bits per heavy atom. The highest BCUT2D eigenvalue weighted by atomic mass is 127. The van der Waals surface area contributed by atoms with E-state index in [-0.39, 0.29) is 24.3 Å². The number of ketones is 1. The Labute approximate surface area is 183 Å². The molecule has 0 bridgehead atoms. The molecule has 1 unspecified atom stereocenters. The molecular weight excluding hydrogens is 510 g/mol. The van der Waals surface area contributed by atoms with Crippen LogP contribution in [0.3, 0.4) is 0 Å². The number of halogens is 4. The maximum absolute atomic E-state index is 13.1. The monoisotopic (exact) mass is 523 g/mol. The van der Waals surface area contributed by atoms with Crippen LogP contribution in [-0.4, -0.2) is 11.8 Å². The van der Waals surface area contributed by atoms with Crippen LogP contribution >= 0.6 is 22.6 Å². The number of Topliss-reactive ketones (excluding diaryl/α,β-unsaturated/α-hetero) is 1. The maximum atomic E-state index is 13.1. The predicted octanol–water partition coefficient (Wildman–Crippen LogP) is 5.07. The van der Waals surface area contributed by atoms with Gasteiger partial charge in [0.05, 0.1) is 28.9 Å². The molecule has 152 valence electrons. The van der Waals surface area contributed by atoms with Crippen LogP contribution in [0.25, 0.3) is 0 Å². The molecule has 1 aliphatic heterocycles. The summed E-state index contributed by atoms with van der Waals surface area (Å²) in [7, 11) is 0. The van der Waals surface area contributed by atoms with Crippen LogP contribution in [0.4, 0.5) is 23.7 Å². The summed E-state index contributed by atoms with van der Waals surface area (Å²) in [6.45, 7) is 0. The summed E-state index contributed by atoms with van der Waals surface area (Å²) in [5.74, 6) is -0.160. The number of urea groups is 1. The fraction of sp³-hybridized carbons (Fsp3) is 0.190. The van der Waals surface area contributed by atoms with Gasteiger partial charge in [0.2, 0.25) is 0 Å². The molecule has 4 rings (SSSR count). The Balaban J connectivity index is 1.83. The van der Waals surface area contributed by atoms with Crippen LogP contribution in [0.5, 0.6) is 0 Å². The zero-order valence-electron chi connectivity index (χ0n) is 15.3. The highest BCUT2D eigenvalue weighted by molar-refractivity contribution is 14.1. The molecule has 1 aliphatic carbocycles. The predicted molar refractivity (Wildman–Crippen MR) is 110 cm³/mol. The number of carbonyl (C=O) groups excluding carboxylic acids is 2. The van der Waals surface area contributed by atoms with Gasteiger partial charge in [0.25, 0.3) is 0 Å². The van der Waals surface area contributed by atoms with Crippen molar-refractivity contribution in [1.82, 2.24) is 5.32 Å². The van der Waals surface area contributed by atoms with Gasteiger partial charge in [-0.15, -0.1) is 0 Å². The van der Waals surface area contributed by atoms with Crippen LogP contribution in [0, 0.1) is 14.9 Å². The number of benzene rings is 2. The quantitative estimate of drug-likeness (QED) is 0.559. The van der Waals surface area contributed by atoms with Gasteiger partial charge in [-0.1, -0.05) is 12.1 Å². The zero-order chi connectivity index (χ0) is 21.6. The third-order valence-corrected chi connectivity index (χ3v) is 6.04. The van der Waals surface area contributed by atoms with Crippen molar-refractivity contribution in [2.45, 2.75) is 25.1 Å². The Morgan fingerprint density at radius 1 is 1.13 bits per heavy atom. The van der Waals surface area contributed by atoms with Crippen molar-refractivity contribution in [2.24, 2.45) is 0 Å². The second-order valence-corrected chi connectivity index (χ2v) is 8.06. The van der Waals surface area contributed by atoms with Crippen molar-refractivity contribution < 1.29 is 22.8 Å². The third-order valence-electron chi connectivity index (χ3n) is 5.10. The molecule has 0 saturated carbocycles. The summed E-state index contributed by atoms with van der Waals surface area (Å²) in [5, 5.41) is 11.8. The molecule has 2 aromatic rings. The lowest BCUT2D eigenvalue weighted by molar-refractivity contribution is -0.137. The van der Waals surface area contributed by atoms with E-state index in [0.717, 1.165) is 17.0 Å². The standard InChI is InChI=1S/C21H13F3IN3O2/c22-21(23,24)12-2-1-3-13(9-12)28-16-6-7-17(29)18(16)19(27-20(28)30)14-5-4-11(10-26)8-15(14)25/h1-5,8-9,19H,6-7H2,(H,27,30). The molecule has 0 spiro atoms. The Morgan fingerprint density at radius 3 is 2.57 bits per heavy atom. The lowest BCUT2D eigenvalue weighted by Gasteiger charge is -2.35. The van der Waals surface area contributed by atoms with E-state index in [1.54, 1.807) is 18.2 Å². The van der Waals surface area contributed by atoms with Gasteiger partial charge in [0.15, 0.2) is 5.78 Å². The van der Waals surface area contributed by atoms with E-state index >= 15 is 0 Å². The lowest BCUT2D eigenvalue weighted by atomic mass is 9.94. The fourth-order valence-corrected chi connectivity index (χ4v) is 4.59. The molecule has 2 aliphatic rings. The number of anilines is 1. The largest absolute Gasteiger partial charge is 0.416 e. The molecule has 2 amide bonds. The van der Waals surface area contributed by atoms with Crippen molar-refractivity contribution in [3.8, 4) is 6.07 Å². The minimum absolute atomic E-state index is 0.0532. The molecule has 1 N–H and O–H groups in total. The van der Waals surface area contributed by atoms with Crippen LogP contribution in [0.1, 0.15) is 35.6 Å². The van der Waals surface area contributed by atoms with Crippen molar-refractivity contribution in [2.75, 3.05) is 4.90 Å². The van der Waals surface area contributed by atoms with Gasteiger partial charge in [0, 0.05) is 21.3 Å². The molecule has 1 heterocycles. The second-order valence-electron chi connectivity index (χ2n) is 6.90. The molecule has 5 nitrogen and oxygen atoms in total. The first-order valence-electron chi connectivity index (χ1n) is 8.94. The molecule has 30 heavy (non-hydrogen) atoms. The number of alkyl halides is 3. The maximum Gasteiger partial charge on any atom is 0.416 e. The molecule has 2 aromatic carbocycles. The van der Waals surface area contributed by atoms with Crippen molar-refractivity contribution >= 4 is 40.1 Å². The van der Waals surface area contributed by atoms with E-state index < -0.39 is 23.8 Å². The van der Waals surface area contributed by atoms with Crippen molar-refractivity contribution in [1.29, 1.82) is 5.26 Å². The number of carbonyl (C=O) groups is 2. The highest BCUT2D eigenvalue weighted by Crippen LogP contribution is 2.42. The summed E-state index contributed by atoms with van der Waals surface area (Å²) in [6.07, 6.45) is -4.11. The fourth-order valence-electron chi connectivity index (χ4n) is 3.76. The molecule has 0 aromatic heterocycles. The minimum Gasteiger partial charge on any atom is -0.326 e. The van der Waals surface area contributed by atoms with Crippen LogP contribution in [0.2, 0.25) is 0 Å². The number of amides is 2. The molecule has 0 saturated heterocycles. The van der Waals surface area contributed by atoms with Crippen LogP contribution in [-0.2, 0) is 11.0 Å². The van der Waals surface area contributed by atoms with Gasteiger partial charge in [0.1, 0.15) is 0 Å². The van der Waals surface area contributed by atoms with Crippen LogP contribution in [0.15, 0.2) is 53.7 Å². The smallest absolute Gasteiger partial charge is 0.326 e. The van der Waals surface area contributed by atoms with Gasteiger partial charge < -0.3 is 5.32 Å². The third kappa shape index (κ3) is 3.45. The van der Waals surface area contributed by atoms with E-state index in [0.29, 0.717) is 26.0 Å². The van der Waals surface area contributed by atoms with E-state index in [1.165, 1.54) is 12.1 Å². The average Bonchev–Trinajstić information content (AvgIpc) is 3.08. The summed E-state index contributed by atoms with van der Waals surface area (Å²) >= 11 is 2.03. The Bertz CT molecular complexity index is 1150. The van der Waals surface area contributed by atoms with Gasteiger partial charge in [-0.25, -0.2) is 4.79 Å². The van der Waals surface area contributed by atoms with E-state index in [4.69, 9.17) is 5.26 Å². The number of nitrogens with zero attached hydrogens (tertiary/aromatic N) is 2. The number of nitriles is 1. The molecule has 0 radical (unpaired) electrons. The average molecular weight is 523 g/mol. The topological polar surface area (TPSA) is 73.2 Å². The van der Waals surface area contributed by atoms with Gasteiger partial charge in [-0.05, 0) is 64.9 Å². The second kappa shape index (κ2) is 7.43. The molecular formula is C21H13F3IN3O2. The Kier molecular flexibility index (Phi) is 5.05. The van der Waals surface area contributed by atoms with Crippen molar-refractivity contribution in [3.05, 3.63) is 74.0 Å². The number of rotatable bonds is 2. The molecule has 9 heteroatoms. The van der Waals surface area contributed by atoms with E-state index in [9.17, 15) is 22.8 Å². The zero-order valence-corrected chi connectivity index (χ0v) is 17.4. The Hall–Kier alpha value is -2.87. The minimum atomic E-state index is -4.55. The number of nitrogens with one attached hydrogen (secondary N) is 1. The molecule has 0 fully saturated rings. The van der Waals surface area contributed by atoms with Crippen molar-refractivity contribution in [3.63, 3.8) is 0 Å². The normalized spacial score (nSPS) is 18.9. The summed E-state index contributed by atoms with van der Waals surface area (Å²) < 4.78 is 40.1. The lowest BCUT2D eigenvalue weighted by Crippen LogP contribution is -2.47. The van der Waals surface area contributed by atoms with Gasteiger partial charge in [-0.2, -0.15) is 18.4 Å². The summed E-state index contributed by atoms with van der Waals surface area (Å²) in [6, 6.07) is 10.1. The first kappa shape index (κ1) is 20.4. The van der Waals surface area contributed by atoms with Gasteiger partial charge in [-0.3, -0.25) is 9.69 Å². The first-order chi connectivity index (χ1) is 14.2.